The SMILES string of the molecule is Cc1ccc(-c2ccc(C=CC3CCC(C)CC3)cc2)c(F)c1Cl. The summed E-state index contributed by atoms with van der Waals surface area (Å²) in [5.74, 6) is 1.25. The standard InChI is InChI=1S/C22H24ClF/c1-15-3-6-17(7-4-15)8-9-18-10-12-19(13-11-18)20-14-5-16(2)21(23)22(20)24/h5,8-15,17H,3-4,6-7H2,1-2H3. The van der Waals surface area contributed by atoms with Crippen LogP contribution in [0.15, 0.2) is 42.5 Å². The van der Waals surface area contributed by atoms with Gasteiger partial charge in [0.05, 0.1) is 5.02 Å². The summed E-state index contributed by atoms with van der Waals surface area (Å²) in [6.45, 7) is 4.16. The van der Waals surface area contributed by atoms with Gasteiger partial charge < -0.3 is 0 Å². The van der Waals surface area contributed by atoms with Gasteiger partial charge in [0, 0.05) is 5.56 Å². The fraction of sp³-hybridized carbons (Fsp3) is 0.364. The van der Waals surface area contributed by atoms with E-state index in [0.717, 1.165) is 22.6 Å². The Morgan fingerprint density at radius 2 is 1.67 bits per heavy atom. The first kappa shape index (κ1) is 17.2. The Bertz CT molecular complexity index is 722. The van der Waals surface area contributed by atoms with Crippen LogP contribution in [0.5, 0.6) is 0 Å². The molecular formula is C22H24ClF. The van der Waals surface area contributed by atoms with Gasteiger partial charge in [0.25, 0.3) is 0 Å². The Balaban J connectivity index is 1.73. The molecule has 0 bridgehead atoms. The van der Waals surface area contributed by atoms with E-state index in [2.05, 4.69) is 19.1 Å². The van der Waals surface area contributed by atoms with Crippen molar-refractivity contribution in [2.75, 3.05) is 0 Å². The average molecular weight is 343 g/mol. The third kappa shape index (κ3) is 3.89. The molecule has 1 aliphatic rings. The molecule has 24 heavy (non-hydrogen) atoms. The summed E-state index contributed by atoms with van der Waals surface area (Å²) >= 11 is 6.02. The third-order valence-corrected chi connectivity index (χ3v) is 5.58. The van der Waals surface area contributed by atoms with Crippen LogP contribution in [0, 0.1) is 24.6 Å². The van der Waals surface area contributed by atoms with Crippen LogP contribution in [-0.2, 0) is 0 Å². The summed E-state index contributed by atoms with van der Waals surface area (Å²) in [7, 11) is 0. The van der Waals surface area contributed by atoms with Crippen molar-refractivity contribution < 1.29 is 4.39 Å². The molecule has 0 saturated heterocycles. The Kier molecular flexibility index (Phi) is 5.40. The van der Waals surface area contributed by atoms with E-state index in [4.69, 9.17) is 11.6 Å². The highest BCUT2D eigenvalue weighted by Gasteiger charge is 2.15. The number of halogens is 2. The van der Waals surface area contributed by atoms with Crippen LogP contribution in [0.4, 0.5) is 4.39 Å². The van der Waals surface area contributed by atoms with E-state index in [1.54, 1.807) is 6.07 Å². The van der Waals surface area contributed by atoms with Crippen molar-refractivity contribution >= 4 is 17.7 Å². The van der Waals surface area contributed by atoms with E-state index in [0.29, 0.717) is 11.5 Å². The molecule has 2 aromatic carbocycles. The predicted octanol–water partition coefficient (Wildman–Crippen LogP) is 7.29. The van der Waals surface area contributed by atoms with Crippen molar-refractivity contribution in [3.63, 3.8) is 0 Å². The second kappa shape index (κ2) is 7.53. The normalized spacial score (nSPS) is 21.3. The topological polar surface area (TPSA) is 0 Å². The Labute approximate surface area is 149 Å². The summed E-state index contributed by atoms with van der Waals surface area (Å²) in [6.07, 6.45) is 9.79. The van der Waals surface area contributed by atoms with Gasteiger partial charge in [-0.2, -0.15) is 0 Å². The molecule has 0 unspecified atom stereocenters. The van der Waals surface area contributed by atoms with E-state index >= 15 is 0 Å². The van der Waals surface area contributed by atoms with Crippen LogP contribution >= 0.6 is 11.6 Å². The first-order valence-electron chi connectivity index (χ1n) is 8.78. The molecule has 0 N–H and O–H groups in total. The zero-order chi connectivity index (χ0) is 17.1. The van der Waals surface area contributed by atoms with Crippen molar-refractivity contribution in [2.24, 2.45) is 11.8 Å². The quantitative estimate of drug-likeness (QED) is 0.549. The summed E-state index contributed by atoms with van der Waals surface area (Å²) in [5, 5.41) is 0.211. The molecule has 2 aromatic rings. The maximum atomic E-state index is 14.3. The molecular weight excluding hydrogens is 319 g/mol. The van der Waals surface area contributed by atoms with Gasteiger partial charge in [0.15, 0.2) is 0 Å². The second-order valence-electron chi connectivity index (χ2n) is 7.06. The molecule has 0 radical (unpaired) electrons. The molecule has 1 aliphatic carbocycles. The van der Waals surface area contributed by atoms with E-state index in [1.807, 2.05) is 37.3 Å². The number of aryl methyl sites for hydroxylation is 1. The Hall–Kier alpha value is -1.60. The zero-order valence-corrected chi connectivity index (χ0v) is 15.1. The van der Waals surface area contributed by atoms with Crippen LogP contribution in [-0.4, -0.2) is 0 Å². The highest BCUT2D eigenvalue weighted by atomic mass is 35.5. The number of allylic oxidation sites excluding steroid dienone is 1. The first-order chi connectivity index (χ1) is 11.5. The van der Waals surface area contributed by atoms with Crippen molar-refractivity contribution in [2.45, 2.75) is 39.5 Å². The molecule has 0 atom stereocenters. The van der Waals surface area contributed by atoms with Crippen LogP contribution in [0.1, 0.15) is 43.7 Å². The van der Waals surface area contributed by atoms with E-state index in [-0.39, 0.29) is 10.8 Å². The summed E-state index contributed by atoms with van der Waals surface area (Å²) in [4.78, 5) is 0. The molecule has 0 heterocycles. The predicted molar refractivity (Wildman–Crippen MR) is 102 cm³/mol. The van der Waals surface area contributed by atoms with Gasteiger partial charge in [-0.25, -0.2) is 4.39 Å². The maximum absolute atomic E-state index is 14.3. The number of rotatable bonds is 3. The van der Waals surface area contributed by atoms with E-state index in [9.17, 15) is 4.39 Å². The molecule has 2 heteroatoms. The highest BCUT2D eigenvalue weighted by molar-refractivity contribution is 6.31. The smallest absolute Gasteiger partial charge is 0.149 e. The van der Waals surface area contributed by atoms with Gasteiger partial charge in [-0.1, -0.05) is 79.9 Å². The van der Waals surface area contributed by atoms with Crippen LogP contribution in [0.2, 0.25) is 5.02 Å². The van der Waals surface area contributed by atoms with Gasteiger partial charge in [-0.15, -0.1) is 0 Å². The lowest BCUT2D eigenvalue weighted by Crippen LogP contribution is -2.09. The monoisotopic (exact) mass is 342 g/mol. The molecule has 0 nitrogen and oxygen atoms in total. The maximum Gasteiger partial charge on any atom is 0.149 e. The fourth-order valence-electron chi connectivity index (χ4n) is 3.37. The number of hydrogen-bond donors (Lipinski definition) is 0. The molecule has 126 valence electrons. The summed E-state index contributed by atoms with van der Waals surface area (Å²) < 4.78 is 14.3. The lowest BCUT2D eigenvalue weighted by atomic mass is 9.83. The van der Waals surface area contributed by atoms with Crippen LogP contribution in [0.3, 0.4) is 0 Å². The highest BCUT2D eigenvalue weighted by Crippen LogP contribution is 2.31. The van der Waals surface area contributed by atoms with E-state index in [1.165, 1.54) is 25.7 Å². The van der Waals surface area contributed by atoms with Crippen LogP contribution in [0.25, 0.3) is 17.2 Å². The van der Waals surface area contributed by atoms with Gasteiger partial charge in [-0.3, -0.25) is 0 Å². The third-order valence-electron chi connectivity index (χ3n) is 5.12. The van der Waals surface area contributed by atoms with Crippen molar-refractivity contribution in [3.05, 3.63) is 64.4 Å². The minimum atomic E-state index is -0.337. The zero-order valence-electron chi connectivity index (χ0n) is 14.4. The lowest BCUT2D eigenvalue weighted by molar-refractivity contribution is 0.331. The first-order valence-corrected chi connectivity index (χ1v) is 9.15. The van der Waals surface area contributed by atoms with E-state index < -0.39 is 0 Å². The van der Waals surface area contributed by atoms with Crippen molar-refractivity contribution in [3.8, 4) is 11.1 Å². The van der Waals surface area contributed by atoms with Gasteiger partial charge in [-0.05, 0) is 48.3 Å². The Morgan fingerprint density at radius 3 is 2.33 bits per heavy atom. The van der Waals surface area contributed by atoms with Crippen molar-refractivity contribution in [1.29, 1.82) is 0 Å². The molecule has 0 spiro atoms. The summed E-state index contributed by atoms with van der Waals surface area (Å²) in [5.41, 5.74) is 3.34. The molecule has 3 rings (SSSR count). The van der Waals surface area contributed by atoms with Gasteiger partial charge in [0.2, 0.25) is 0 Å². The van der Waals surface area contributed by atoms with Gasteiger partial charge >= 0.3 is 0 Å². The molecule has 0 aromatic heterocycles. The molecule has 1 fully saturated rings. The molecule has 0 amide bonds. The van der Waals surface area contributed by atoms with Gasteiger partial charge in [0.1, 0.15) is 5.82 Å². The Morgan fingerprint density at radius 1 is 1.00 bits per heavy atom. The summed E-state index contributed by atoms with van der Waals surface area (Å²) in [6, 6.07) is 11.7. The minimum absolute atomic E-state index is 0.211. The fourth-order valence-corrected chi connectivity index (χ4v) is 3.53. The molecule has 0 aliphatic heterocycles. The largest absolute Gasteiger partial charge is 0.205 e. The second-order valence-corrected chi connectivity index (χ2v) is 7.44. The lowest BCUT2D eigenvalue weighted by Gasteiger charge is -2.23. The molecule has 1 saturated carbocycles. The van der Waals surface area contributed by atoms with Crippen molar-refractivity contribution in [1.82, 2.24) is 0 Å². The minimum Gasteiger partial charge on any atom is -0.205 e. The number of hydrogen-bond acceptors (Lipinski definition) is 0. The average Bonchev–Trinajstić information content (AvgIpc) is 2.60. The number of benzene rings is 2. The van der Waals surface area contributed by atoms with Crippen LogP contribution < -0.4 is 0 Å².